The highest BCUT2D eigenvalue weighted by molar-refractivity contribution is 6.17. The molecule has 0 aliphatic heterocycles. The number of rotatable bonds is 4. The first-order valence-corrected chi connectivity index (χ1v) is 7.53. The zero-order valence-electron chi connectivity index (χ0n) is 12.1. The molecule has 0 saturated carbocycles. The van der Waals surface area contributed by atoms with Crippen molar-refractivity contribution in [3.8, 4) is 0 Å². The Kier molecular flexibility index (Phi) is 3.88. The first-order chi connectivity index (χ1) is 10.2. The molecule has 3 aromatic heterocycles. The molecule has 1 atom stereocenters. The molecule has 0 amide bonds. The Morgan fingerprint density at radius 2 is 2.19 bits per heavy atom. The highest BCUT2D eigenvalue weighted by Crippen LogP contribution is 2.25. The van der Waals surface area contributed by atoms with E-state index in [0.29, 0.717) is 5.88 Å². The van der Waals surface area contributed by atoms with Crippen molar-refractivity contribution in [2.24, 2.45) is 0 Å². The fourth-order valence-corrected chi connectivity index (χ4v) is 2.74. The van der Waals surface area contributed by atoms with Crippen molar-refractivity contribution in [2.45, 2.75) is 26.3 Å². The molecule has 21 heavy (non-hydrogen) atoms. The van der Waals surface area contributed by atoms with Crippen LogP contribution in [0.4, 0.5) is 0 Å². The third-order valence-corrected chi connectivity index (χ3v) is 3.80. The molecule has 0 radical (unpaired) electrons. The number of halogens is 1. The van der Waals surface area contributed by atoms with Gasteiger partial charge in [0.25, 0.3) is 0 Å². The summed E-state index contributed by atoms with van der Waals surface area (Å²) in [5, 5.41) is 0. The van der Waals surface area contributed by atoms with Crippen molar-refractivity contribution in [2.75, 3.05) is 5.88 Å². The number of fused-ring (bicyclic) bond motifs is 1. The van der Waals surface area contributed by atoms with Gasteiger partial charge in [-0.3, -0.25) is 4.98 Å². The highest BCUT2D eigenvalue weighted by Gasteiger charge is 2.18. The number of hydrogen-bond donors (Lipinski definition) is 0. The summed E-state index contributed by atoms with van der Waals surface area (Å²) in [6, 6.07) is 6.20. The number of alkyl halides is 1. The SMILES string of the molecule is Cc1cnc2c(c1)nc(CCCl)n2C(C)c1cccnc1. The molecule has 0 N–H and O–H groups in total. The minimum atomic E-state index is 0.122. The smallest absolute Gasteiger partial charge is 0.160 e. The predicted molar refractivity (Wildman–Crippen MR) is 84.7 cm³/mol. The van der Waals surface area contributed by atoms with Gasteiger partial charge in [-0.15, -0.1) is 11.6 Å². The van der Waals surface area contributed by atoms with Gasteiger partial charge < -0.3 is 4.57 Å². The highest BCUT2D eigenvalue weighted by atomic mass is 35.5. The maximum Gasteiger partial charge on any atom is 0.160 e. The topological polar surface area (TPSA) is 43.6 Å². The van der Waals surface area contributed by atoms with Gasteiger partial charge in [-0.25, -0.2) is 9.97 Å². The molecule has 1 unspecified atom stereocenters. The number of aromatic nitrogens is 4. The van der Waals surface area contributed by atoms with Crippen molar-refractivity contribution in [1.82, 2.24) is 19.5 Å². The van der Waals surface area contributed by atoms with Gasteiger partial charge in [0, 0.05) is 30.9 Å². The van der Waals surface area contributed by atoms with Gasteiger partial charge in [0.15, 0.2) is 5.65 Å². The molecule has 0 fully saturated rings. The second kappa shape index (κ2) is 5.82. The van der Waals surface area contributed by atoms with Gasteiger partial charge in [-0.05, 0) is 37.1 Å². The predicted octanol–water partition coefficient (Wildman–Crippen LogP) is 3.53. The Bertz CT molecular complexity index is 752. The van der Waals surface area contributed by atoms with Crippen molar-refractivity contribution in [3.05, 3.63) is 53.7 Å². The van der Waals surface area contributed by atoms with Crippen LogP contribution in [0.5, 0.6) is 0 Å². The van der Waals surface area contributed by atoms with Gasteiger partial charge in [0.2, 0.25) is 0 Å². The first kappa shape index (κ1) is 14.0. The average Bonchev–Trinajstić information content (AvgIpc) is 2.85. The third kappa shape index (κ3) is 2.63. The van der Waals surface area contributed by atoms with Gasteiger partial charge in [-0.2, -0.15) is 0 Å². The summed E-state index contributed by atoms with van der Waals surface area (Å²) < 4.78 is 2.16. The number of imidazole rings is 1. The minimum absolute atomic E-state index is 0.122. The average molecular weight is 301 g/mol. The van der Waals surface area contributed by atoms with Crippen LogP contribution < -0.4 is 0 Å². The molecule has 3 aromatic rings. The minimum Gasteiger partial charge on any atom is -0.305 e. The van der Waals surface area contributed by atoms with Crippen LogP contribution in [-0.2, 0) is 6.42 Å². The van der Waals surface area contributed by atoms with Gasteiger partial charge in [-0.1, -0.05) is 6.07 Å². The summed E-state index contributed by atoms with van der Waals surface area (Å²) >= 11 is 5.93. The summed E-state index contributed by atoms with van der Waals surface area (Å²) in [5.74, 6) is 1.51. The second-order valence-electron chi connectivity index (χ2n) is 5.15. The van der Waals surface area contributed by atoms with E-state index in [1.807, 2.05) is 25.4 Å². The van der Waals surface area contributed by atoms with E-state index in [4.69, 9.17) is 16.6 Å². The standard InChI is InChI=1S/C16H17ClN4/c1-11-8-14-16(19-9-11)21(15(20-14)5-6-17)12(2)13-4-3-7-18-10-13/h3-4,7-10,12H,5-6H2,1-2H3. The lowest BCUT2D eigenvalue weighted by molar-refractivity contribution is 0.617. The Labute approximate surface area is 128 Å². The van der Waals surface area contributed by atoms with Crippen LogP contribution in [0.1, 0.15) is 29.9 Å². The maximum absolute atomic E-state index is 5.93. The Morgan fingerprint density at radius 3 is 2.90 bits per heavy atom. The molecular formula is C16H17ClN4. The molecule has 0 spiro atoms. The summed E-state index contributed by atoms with van der Waals surface area (Å²) in [6.45, 7) is 4.16. The molecule has 0 saturated heterocycles. The number of nitrogens with zero attached hydrogens (tertiary/aromatic N) is 4. The van der Waals surface area contributed by atoms with Crippen LogP contribution in [0.15, 0.2) is 36.8 Å². The third-order valence-electron chi connectivity index (χ3n) is 3.61. The van der Waals surface area contributed by atoms with Crippen molar-refractivity contribution < 1.29 is 0 Å². The fourth-order valence-electron chi connectivity index (χ4n) is 2.57. The van der Waals surface area contributed by atoms with Gasteiger partial charge in [0.05, 0.1) is 6.04 Å². The van der Waals surface area contributed by atoms with E-state index in [1.54, 1.807) is 6.20 Å². The maximum atomic E-state index is 5.93. The fraction of sp³-hybridized carbons (Fsp3) is 0.312. The van der Waals surface area contributed by atoms with Crippen LogP contribution in [0, 0.1) is 6.92 Å². The van der Waals surface area contributed by atoms with Gasteiger partial charge >= 0.3 is 0 Å². The van der Waals surface area contributed by atoms with E-state index in [0.717, 1.165) is 34.5 Å². The van der Waals surface area contributed by atoms with Crippen LogP contribution >= 0.6 is 11.6 Å². The number of pyridine rings is 2. The summed E-state index contributed by atoms with van der Waals surface area (Å²) in [5.41, 5.74) is 4.07. The zero-order valence-corrected chi connectivity index (χ0v) is 12.9. The molecular weight excluding hydrogens is 284 g/mol. The summed E-state index contributed by atoms with van der Waals surface area (Å²) in [6.07, 6.45) is 6.27. The monoisotopic (exact) mass is 300 g/mol. The molecule has 0 aliphatic rings. The quantitative estimate of drug-likeness (QED) is 0.692. The normalized spacial score (nSPS) is 12.7. The number of aryl methyl sites for hydroxylation is 2. The first-order valence-electron chi connectivity index (χ1n) is 7.00. The van der Waals surface area contributed by atoms with Crippen LogP contribution in [0.25, 0.3) is 11.2 Å². The van der Waals surface area contributed by atoms with Crippen LogP contribution in [0.2, 0.25) is 0 Å². The van der Waals surface area contributed by atoms with Crippen LogP contribution in [0.3, 0.4) is 0 Å². The largest absolute Gasteiger partial charge is 0.305 e. The van der Waals surface area contributed by atoms with Crippen molar-refractivity contribution in [1.29, 1.82) is 0 Å². The lowest BCUT2D eigenvalue weighted by Gasteiger charge is -2.17. The number of hydrogen-bond acceptors (Lipinski definition) is 3. The summed E-state index contributed by atoms with van der Waals surface area (Å²) in [7, 11) is 0. The van der Waals surface area contributed by atoms with Crippen molar-refractivity contribution >= 4 is 22.8 Å². The van der Waals surface area contributed by atoms with E-state index in [2.05, 4.69) is 33.6 Å². The van der Waals surface area contributed by atoms with Gasteiger partial charge in [0.1, 0.15) is 11.3 Å². The Hall–Kier alpha value is -1.94. The van der Waals surface area contributed by atoms with Crippen molar-refractivity contribution in [3.63, 3.8) is 0 Å². The molecule has 4 nitrogen and oxygen atoms in total. The zero-order chi connectivity index (χ0) is 14.8. The molecule has 0 aliphatic carbocycles. The molecule has 3 heterocycles. The molecule has 3 rings (SSSR count). The van der Waals surface area contributed by atoms with E-state index < -0.39 is 0 Å². The lowest BCUT2D eigenvalue weighted by atomic mass is 10.1. The molecule has 5 heteroatoms. The Morgan fingerprint density at radius 1 is 1.33 bits per heavy atom. The molecule has 0 bridgehead atoms. The summed E-state index contributed by atoms with van der Waals surface area (Å²) in [4.78, 5) is 13.5. The molecule has 108 valence electrons. The second-order valence-corrected chi connectivity index (χ2v) is 5.53. The van der Waals surface area contributed by atoms with E-state index >= 15 is 0 Å². The van der Waals surface area contributed by atoms with E-state index in [9.17, 15) is 0 Å². The lowest BCUT2D eigenvalue weighted by Crippen LogP contribution is -2.12. The van der Waals surface area contributed by atoms with E-state index in [1.165, 1.54) is 0 Å². The van der Waals surface area contributed by atoms with E-state index in [-0.39, 0.29) is 6.04 Å². The Balaban J connectivity index is 2.17. The molecule has 0 aromatic carbocycles. The van der Waals surface area contributed by atoms with Crippen LogP contribution in [-0.4, -0.2) is 25.4 Å².